The number of likely N-dealkylation sites (tertiary alicyclic amines) is 1. The molecule has 6 nitrogen and oxygen atoms in total. The van der Waals surface area contributed by atoms with Gasteiger partial charge in [0.05, 0.1) is 5.75 Å². The molecule has 128 valence electrons. The normalized spacial score (nSPS) is 18.1. The SMILES string of the molecule is CC(C)c1noc([C@H]2CCCCN2C(=O)CSc2ccncc2)n1. The number of aromatic nitrogens is 3. The summed E-state index contributed by atoms with van der Waals surface area (Å²) in [5.74, 6) is 2.02. The Labute approximate surface area is 146 Å². The molecule has 3 rings (SSSR count). The number of rotatable bonds is 5. The lowest BCUT2D eigenvalue weighted by atomic mass is 10.0. The third-order valence-electron chi connectivity index (χ3n) is 4.09. The van der Waals surface area contributed by atoms with Crippen LogP contribution in [0.3, 0.4) is 0 Å². The van der Waals surface area contributed by atoms with Crippen LogP contribution in [0.1, 0.15) is 56.8 Å². The highest BCUT2D eigenvalue weighted by Crippen LogP contribution is 2.31. The molecule has 0 N–H and O–H groups in total. The summed E-state index contributed by atoms with van der Waals surface area (Å²) >= 11 is 1.53. The Bertz CT molecular complexity index is 674. The second-order valence-corrected chi connectivity index (χ2v) is 7.26. The van der Waals surface area contributed by atoms with Gasteiger partial charge in [-0.25, -0.2) is 0 Å². The highest BCUT2D eigenvalue weighted by molar-refractivity contribution is 8.00. The summed E-state index contributed by atoms with van der Waals surface area (Å²) in [5, 5.41) is 4.04. The molecule has 1 aliphatic heterocycles. The van der Waals surface area contributed by atoms with E-state index in [2.05, 4.69) is 15.1 Å². The second-order valence-electron chi connectivity index (χ2n) is 6.22. The number of hydrogen-bond donors (Lipinski definition) is 0. The number of piperidine rings is 1. The molecule has 0 unspecified atom stereocenters. The smallest absolute Gasteiger partial charge is 0.249 e. The van der Waals surface area contributed by atoms with Crippen LogP contribution in [-0.2, 0) is 4.79 Å². The molecule has 0 saturated carbocycles. The van der Waals surface area contributed by atoms with Crippen molar-refractivity contribution in [3.05, 3.63) is 36.2 Å². The van der Waals surface area contributed by atoms with E-state index in [4.69, 9.17) is 4.52 Å². The maximum atomic E-state index is 12.7. The van der Waals surface area contributed by atoms with Gasteiger partial charge in [0, 0.05) is 29.8 Å². The Morgan fingerprint density at radius 3 is 2.88 bits per heavy atom. The van der Waals surface area contributed by atoms with Crippen molar-refractivity contribution in [2.75, 3.05) is 12.3 Å². The van der Waals surface area contributed by atoms with Crippen molar-refractivity contribution < 1.29 is 9.32 Å². The van der Waals surface area contributed by atoms with Crippen molar-refractivity contribution in [3.63, 3.8) is 0 Å². The summed E-state index contributed by atoms with van der Waals surface area (Å²) in [6.07, 6.45) is 6.45. The van der Waals surface area contributed by atoms with E-state index in [1.807, 2.05) is 30.9 Å². The van der Waals surface area contributed by atoms with E-state index in [0.717, 1.165) is 30.7 Å². The number of pyridine rings is 1. The molecular weight excluding hydrogens is 324 g/mol. The Morgan fingerprint density at radius 1 is 1.38 bits per heavy atom. The number of hydrogen-bond acceptors (Lipinski definition) is 6. The lowest BCUT2D eigenvalue weighted by molar-refractivity contribution is -0.132. The fourth-order valence-electron chi connectivity index (χ4n) is 2.77. The van der Waals surface area contributed by atoms with Gasteiger partial charge in [-0.05, 0) is 31.4 Å². The maximum Gasteiger partial charge on any atom is 0.249 e. The topological polar surface area (TPSA) is 72.1 Å². The zero-order valence-electron chi connectivity index (χ0n) is 14.0. The molecule has 0 aromatic carbocycles. The van der Waals surface area contributed by atoms with Crippen LogP contribution in [0.5, 0.6) is 0 Å². The predicted molar refractivity (Wildman–Crippen MR) is 91.7 cm³/mol. The van der Waals surface area contributed by atoms with Crippen molar-refractivity contribution in [2.45, 2.75) is 50.0 Å². The van der Waals surface area contributed by atoms with Gasteiger partial charge in [0.2, 0.25) is 11.8 Å². The zero-order valence-corrected chi connectivity index (χ0v) is 14.8. The van der Waals surface area contributed by atoms with E-state index in [1.54, 1.807) is 12.4 Å². The van der Waals surface area contributed by atoms with E-state index in [0.29, 0.717) is 17.5 Å². The molecule has 1 amide bonds. The summed E-state index contributed by atoms with van der Waals surface area (Å²) < 4.78 is 5.44. The zero-order chi connectivity index (χ0) is 16.9. The fourth-order valence-corrected chi connectivity index (χ4v) is 3.54. The summed E-state index contributed by atoms with van der Waals surface area (Å²) in [6, 6.07) is 3.74. The molecule has 0 bridgehead atoms. The molecule has 0 aliphatic carbocycles. The van der Waals surface area contributed by atoms with Crippen molar-refractivity contribution in [1.29, 1.82) is 0 Å². The first-order chi connectivity index (χ1) is 11.6. The van der Waals surface area contributed by atoms with Crippen LogP contribution in [0.15, 0.2) is 33.9 Å². The monoisotopic (exact) mass is 346 g/mol. The van der Waals surface area contributed by atoms with E-state index in [-0.39, 0.29) is 17.9 Å². The van der Waals surface area contributed by atoms with Crippen LogP contribution in [0.4, 0.5) is 0 Å². The second kappa shape index (κ2) is 7.79. The van der Waals surface area contributed by atoms with E-state index in [9.17, 15) is 4.79 Å². The third-order valence-corrected chi connectivity index (χ3v) is 5.09. The van der Waals surface area contributed by atoms with Gasteiger partial charge < -0.3 is 9.42 Å². The molecule has 1 aliphatic rings. The standard InChI is InChI=1S/C17H22N4O2S/c1-12(2)16-19-17(23-20-16)14-5-3-4-10-21(14)15(22)11-24-13-6-8-18-9-7-13/h6-9,12,14H,3-5,10-11H2,1-2H3/t14-/m1/s1. The number of thioether (sulfide) groups is 1. The summed E-state index contributed by atoms with van der Waals surface area (Å²) in [4.78, 5) is 24.1. The van der Waals surface area contributed by atoms with Crippen molar-refractivity contribution >= 4 is 17.7 Å². The third kappa shape index (κ3) is 3.95. The Balaban J connectivity index is 1.68. The molecular formula is C17H22N4O2S. The number of carbonyl (C=O) groups is 1. The van der Waals surface area contributed by atoms with Crippen molar-refractivity contribution in [3.8, 4) is 0 Å². The molecule has 2 aromatic rings. The molecule has 1 atom stereocenters. The first kappa shape index (κ1) is 17.0. The van der Waals surface area contributed by atoms with Gasteiger partial charge in [0.25, 0.3) is 0 Å². The quantitative estimate of drug-likeness (QED) is 0.772. The van der Waals surface area contributed by atoms with Crippen molar-refractivity contribution in [2.24, 2.45) is 0 Å². The average Bonchev–Trinajstić information content (AvgIpc) is 3.11. The van der Waals surface area contributed by atoms with Gasteiger partial charge in [-0.3, -0.25) is 9.78 Å². The molecule has 24 heavy (non-hydrogen) atoms. The van der Waals surface area contributed by atoms with Crippen LogP contribution < -0.4 is 0 Å². The number of nitrogens with zero attached hydrogens (tertiary/aromatic N) is 4. The van der Waals surface area contributed by atoms with Crippen LogP contribution in [0.25, 0.3) is 0 Å². The Kier molecular flexibility index (Phi) is 5.50. The Morgan fingerprint density at radius 2 is 2.17 bits per heavy atom. The summed E-state index contributed by atoms with van der Waals surface area (Å²) in [7, 11) is 0. The van der Waals surface area contributed by atoms with Crippen LogP contribution in [0, 0.1) is 0 Å². The fraction of sp³-hybridized carbons (Fsp3) is 0.529. The highest BCUT2D eigenvalue weighted by atomic mass is 32.2. The summed E-state index contributed by atoms with van der Waals surface area (Å²) in [6.45, 7) is 4.81. The van der Waals surface area contributed by atoms with Gasteiger partial charge in [-0.1, -0.05) is 19.0 Å². The molecule has 2 aromatic heterocycles. The van der Waals surface area contributed by atoms with Crippen molar-refractivity contribution in [1.82, 2.24) is 20.0 Å². The largest absolute Gasteiger partial charge is 0.337 e. The summed E-state index contributed by atoms with van der Waals surface area (Å²) in [5.41, 5.74) is 0. The lowest BCUT2D eigenvalue weighted by Gasteiger charge is -2.33. The number of carbonyl (C=O) groups excluding carboxylic acids is 1. The van der Waals surface area contributed by atoms with E-state index >= 15 is 0 Å². The predicted octanol–water partition coefficient (Wildman–Crippen LogP) is 3.43. The highest BCUT2D eigenvalue weighted by Gasteiger charge is 2.32. The van der Waals surface area contributed by atoms with Gasteiger partial charge in [0.1, 0.15) is 6.04 Å². The van der Waals surface area contributed by atoms with Crippen LogP contribution >= 0.6 is 11.8 Å². The first-order valence-electron chi connectivity index (χ1n) is 8.31. The van der Waals surface area contributed by atoms with Gasteiger partial charge in [-0.15, -0.1) is 11.8 Å². The first-order valence-corrected chi connectivity index (χ1v) is 9.29. The molecule has 7 heteroatoms. The number of amides is 1. The van der Waals surface area contributed by atoms with Crippen LogP contribution in [0.2, 0.25) is 0 Å². The van der Waals surface area contributed by atoms with Gasteiger partial charge in [-0.2, -0.15) is 4.98 Å². The Hall–Kier alpha value is -1.89. The van der Waals surface area contributed by atoms with Gasteiger partial charge in [0.15, 0.2) is 5.82 Å². The molecule has 0 spiro atoms. The molecule has 1 saturated heterocycles. The minimum absolute atomic E-state index is 0.0932. The lowest BCUT2D eigenvalue weighted by Crippen LogP contribution is -2.39. The molecule has 1 fully saturated rings. The average molecular weight is 346 g/mol. The van der Waals surface area contributed by atoms with Gasteiger partial charge >= 0.3 is 0 Å². The molecule has 0 radical (unpaired) electrons. The van der Waals surface area contributed by atoms with Crippen LogP contribution in [-0.4, -0.2) is 38.2 Å². The van der Waals surface area contributed by atoms with E-state index in [1.165, 1.54) is 11.8 Å². The minimum Gasteiger partial charge on any atom is -0.337 e. The van der Waals surface area contributed by atoms with E-state index < -0.39 is 0 Å². The maximum absolute atomic E-state index is 12.7. The molecule has 3 heterocycles. The minimum atomic E-state index is -0.0932.